The van der Waals surface area contributed by atoms with Gasteiger partial charge < -0.3 is 25.1 Å². The molecule has 2 aromatic carbocycles. The summed E-state index contributed by atoms with van der Waals surface area (Å²) in [4.78, 5) is 33.5. The molecule has 0 spiro atoms. The van der Waals surface area contributed by atoms with Crippen LogP contribution in [0.25, 0.3) is 28.2 Å². The molecule has 0 unspecified atom stereocenters. The Labute approximate surface area is 229 Å². The summed E-state index contributed by atoms with van der Waals surface area (Å²) in [5, 5.41) is 10.9. The van der Waals surface area contributed by atoms with Gasteiger partial charge in [0.25, 0.3) is 0 Å². The van der Waals surface area contributed by atoms with Crippen LogP contribution in [0.5, 0.6) is 11.5 Å². The molecule has 0 atom stereocenters. The van der Waals surface area contributed by atoms with E-state index in [0.29, 0.717) is 28.4 Å². The molecule has 2 amide bonds. The molecular weight excluding hydrogens is 508 g/mol. The number of allylic oxidation sites excluding steroid dienone is 1. The zero-order chi connectivity index (χ0) is 28.0. The smallest absolute Gasteiger partial charge is 0.323 e. The number of aryl methyl sites for hydroxylation is 2. The number of aromatic nitrogens is 4. The molecule has 0 fully saturated rings. The molecule has 6 rings (SSSR count). The van der Waals surface area contributed by atoms with Crippen molar-refractivity contribution in [3.8, 4) is 22.8 Å². The fraction of sp³-hybridized carbons (Fsp3) is 0.133. The van der Waals surface area contributed by atoms with Crippen LogP contribution in [0.4, 0.5) is 16.2 Å². The first kappa shape index (κ1) is 24.9. The number of ketones is 1. The van der Waals surface area contributed by atoms with Crippen molar-refractivity contribution in [1.29, 1.82) is 0 Å². The maximum absolute atomic E-state index is 13.5. The Morgan fingerprint density at radius 2 is 1.93 bits per heavy atom. The second-order valence-electron chi connectivity index (χ2n) is 9.47. The Morgan fingerprint density at radius 3 is 2.65 bits per heavy atom. The number of hydrogen-bond acceptors (Lipinski definition) is 6. The Bertz CT molecular complexity index is 1830. The lowest BCUT2D eigenvalue weighted by molar-refractivity contribution is 0.101. The molecule has 0 saturated heterocycles. The summed E-state index contributed by atoms with van der Waals surface area (Å²) in [6, 6.07) is 13.7. The van der Waals surface area contributed by atoms with Crippen LogP contribution >= 0.6 is 0 Å². The molecule has 0 aliphatic carbocycles. The molecule has 10 heteroatoms. The molecule has 5 aromatic rings. The van der Waals surface area contributed by atoms with Gasteiger partial charge in [-0.15, -0.1) is 0 Å². The third-order valence-corrected chi connectivity index (χ3v) is 6.93. The second-order valence-corrected chi connectivity index (χ2v) is 9.47. The zero-order valence-corrected chi connectivity index (χ0v) is 22.3. The van der Waals surface area contributed by atoms with Gasteiger partial charge in [0, 0.05) is 46.7 Å². The number of benzene rings is 2. The first-order valence-electron chi connectivity index (χ1n) is 12.6. The maximum Gasteiger partial charge on any atom is 0.323 e. The predicted octanol–water partition coefficient (Wildman–Crippen LogP) is 5.85. The van der Waals surface area contributed by atoms with Gasteiger partial charge in [-0.1, -0.05) is 0 Å². The lowest BCUT2D eigenvalue weighted by Crippen LogP contribution is -2.19. The van der Waals surface area contributed by atoms with Gasteiger partial charge in [0.1, 0.15) is 11.5 Å². The van der Waals surface area contributed by atoms with E-state index in [1.165, 1.54) is 0 Å². The molecule has 1 aliphatic heterocycles. The third-order valence-electron chi connectivity index (χ3n) is 6.93. The molecular formula is C30H26N6O4. The van der Waals surface area contributed by atoms with E-state index < -0.39 is 6.03 Å². The highest BCUT2D eigenvalue weighted by molar-refractivity contribution is 6.16. The van der Waals surface area contributed by atoms with Crippen LogP contribution in [-0.2, 0) is 7.05 Å². The van der Waals surface area contributed by atoms with Crippen molar-refractivity contribution in [2.45, 2.75) is 13.8 Å². The van der Waals surface area contributed by atoms with Crippen LogP contribution in [0.1, 0.15) is 27.3 Å². The van der Waals surface area contributed by atoms with Gasteiger partial charge in [0.05, 0.1) is 35.9 Å². The summed E-state index contributed by atoms with van der Waals surface area (Å²) in [5.41, 5.74) is 6.68. The van der Waals surface area contributed by atoms with E-state index >= 15 is 0 Å². The fourth-order valence-electron chi connectivity index (χ4n) is 4.93. The summed E-state index contributed by atoms with van der Waals surface area (Å²) < 4.78 is 13.3. The average Bonchev–Trinajstić information content (AvgIpc) is 3.54. The average molecular weight is 535 g/mol. The van der Waals surface area contributed by atoms with Gasteiger partial charge >= 0.3 is 6.03 Å². The molecule has 4 heterocycles. The number of pyridine rings is 1. The fourth-order valence-corrected chi connectivity index (χ4v) is 4.93. The molecule has 0 saturated carbocycles. The van der Waals surface area contributed by atoms with Crippen molar-refractivity contribution >= 4 is 40.2 Å². The SMILES string of the molecule is COc1ccc2[nH]c(-c3c(C)nn(C)c3C)c(/C=C3/Oc4ccc(NC(=O)Nc5cccnc5)cc4C3=O)c2c1. The van der Waals surface area contributed by atoms with Crippen LogP contribution in [0.15, 0.2) is 66.7 Å². The number of H-pyrrole nitrogens is 1. The van der Waals surface area contributed by atoms with Crippen LogP contribution in [-0.4, -0.2) is 38.7 Å². The van der Waals surface area contributed by atoms with E-state index in [-0.39, 0.29) is 11.5 Å². The second kappa shape index (κ2) is 9.73. The van der Waals surface area contributed by atoms with Crippen molar-refractivity contribution in [2.75, 3.05) is 17.7 Å². The number of anilines is 2. The van der Waals surface area contributed by atoms with E-state index in [1.807, 2.05) is 43.8 Å². The lowest BCUT2D eigenvalue weighted by atomic mass is 10.0. The van der Waals surface area contributed by atoms with Crippen LogP contribution in [0.2, 0.25) is 0 Å². The number of carbonyl (C=O) groups excluding carboxylic acids is 2. The molecule has 10 nitrogen and oxygen atoms in total. The number of amides is 2. The largest absolute Gasteiger partial charge is 0.497 e. The van der Waals surface area contributed by atoms with Gasteiger partial charge in [0.15, 0.2) is 5.76 Å². The predicted molar refractivity (Wildman–Crippen MR) is 153 cm³/mol. The molecule has 200 valence electrons. The normalized spacial score (nSPS) is 13.4. The number of nitrogens with zero attached hydrogens (tertiary/aromatic N) is 3. The monoisotopic (exact) mass is 534 g/mol. The number of hydrogen-bond donors (Lipinski definition) is 3. The van der Waals surface area contributed by atoms with Gasteiger partial charge in [-0.25, -0.2) is 4.79 Å². The lowest BCUT2D eigenvalue weighted by Gasteiger charge is -2.07. The van der Waals surface area contributed by atoms with Crippen molar-refractivity contribution < 1.29 is 19.1 Å². The number of nitrogens with one attached hydrogen (secondary N) is 3. The quantitative estimate of drug-likeness (QED) is 0.243. The minimum absolute atomic E-state index is 0.177. The number of carbonyl (C=O) groups is 2. The van der Waals surface area contributed by atoms with Gasteiger partial charge in [-0.2, -0.15) is 5.10 Å². The first-order valence-corrected chi connectivity index (χ1v) is 12.6. The highest BCUT2D eigenvalue weighted by atomic mass is 16.5. The molecule has 40 heavy (non-hydrogen) atoms. The first-order chi connectivity index (χ1) is 19.3. The Hall–Kier alpha value is -5.38. The number of aromatic amines is 1. The van der Waals surface area contributed by atoms with Crippen LogP contribution < -0.4 is 20.1 Å². The Balaban J connectivity index is 1.36. The summed E-state index contributed by atoms with van der Waals surface area (Å²) in [5.74, 6) is 1.01. The van der Waals surface area contributed by atoms with E-state index in [9.17, 15) is 9.59 Å². The van der Waals surface area contributed by atoms with Crippen molar-refractivity contribution in [2.24, 2.45) is 7.05 Å². The highest BCUT2D eigenvalue weighted by Gasteiger charge is 2.29. The molecule has 0 radical (unpaired) electrons. The molecule has 0 bridgehead atoms. The van der Waals surface area contributed by atoms with Crippen molar-refractivity contribution in [3.05, 3.63) is 89.2 Å². The molecule has 1 aliphatic rings. The van der Waals surface area contributed by atoms with Gasteiger partial charge in [-0.05, 0) is 68.5 Å². The topological polar surface area (TPSA) is 123 Å². The van der Waals surface area contributed by atoms with E-state index in [1.54, 1.807) is 55.9 Å². The van der Waals surface area contributed by atoms with E-state index in [4.69, 9.17) is 9.47 Å². The van der Waals surface area contributed by atoms with Crippen molar-refractivity contribution in [1.82, 2.24) is 19.7 Å². The van der Waals surface area contributed by atoms with Crippen molar-refractivity contribution in [3.63, 3.8) is 0 Å². The van der Waals surface area contributed by atoms with Gasteiger partial charge in [-0.3, -0.25) is 14.5 Å². The molecule has 3 aromatic heterocycles. The Morgan fingerprint density at radius 1 is 1.10 bits per heavy atom. The van der Waals surface area contributed by atoms with Crippen LogP contribution in [0, 0.1) is 13.8 Å². The van der Waals surface area contributed by atoms with Gasteiger partial charge in [0.2, 0.25) is 5.78 Å². The summed E-state index contributed by atoms with van der Waals surface area (Å²) in [7, 11) is 3.52. The van der Waals surface area contributed by atoms with E-state index in [0.717, 1.165) is 39.1 Å². The summed E-state index contributed by atoms with van der Waals surface area (Å²) in [6.45, 7) is 3.96. The highest BCUT2D eigenvalue weighted by Crippen LogP contribution is 2.39. The third kappa shape index (κ3) is 4.35. The number of ether oxygens (including phenoxy) is 2. The summed E-state index contributed by atoms with van der Waals surface area (Å²) in [6.07, 6.45) is 4.92. The minimum atomic E-state index is -0.449. The van der Waals surface area contributed by atoms with E-state index in [2.05, 4.69) is 25.7 Å². The van der Waals surface area contributed by atoms with Crippen LogP contribution in [0.3, 0.4) is 0 Å². The number of Topliss-reactive ketones (excluding diaryl/α,β-unsaturated/α-hetero) is 1. The number of urea groups is 1. The summed E-state index contributed by atoms with van der Waals surface area (Å²) >= 11 is 0. The minimum Gasteiger partial charge on any atom is -0.497 e. The Kier molecular flexibility index (Phi) is 6.07. The number of fused-ring (bicyclic) bond motifs is 2. The number of methoxy groups -OCH3 is 1. The zero-order valence-electron chi connectivity index (χ0n) is 22.3. The standard InChI is InChI=1S/C30H26N6O4/c1-16-27(17(2)36(3)35-16)28-22(21-13-20(39-4)8-9-24(21)34-28)14-26-29(37)23-12-18(7-10-25(23)40-26)32-30(38)33-19-6-5-11-31-15-19/h5-15,34H,1-4H3,(H2,32,33,38)/b26-14+. The number of rotatable bonds is 5. The maximum atomic E-state index is 13.5. The molecule has 3 N–H and O–H groups in total.